The van der Waals surface area contributed by atoms with E-state index in [9.17, 15) is 4.79 Å². The summed E-state index contributed by atoms with van der Waals surface area (Å²) in [7, 11) is 1.46. The largest absolute Gasteiger partial charge is 0.468 e. The highest BCUT2D eigenvalue weighted by Crippen LogP contribution is 2.27. The molecular weight excluding hydrogens is 166 g/mol. The Morgan fingerprint density at radius 2 is 2.15 bits per heavy atom. The lowest BCUT2D eigenvalue weighted by Gasteiger charge is -2.42. The molecule has 0 aromatic carbocycles. The number of esters is 1. The van der Waals surface area contributed by atoms with Gasteiger partial charge in [-0.1, -0.05) is 12.2 Å². The highest BCUT2D eigenvalue weighted by atomic mass is 16.5. The monoisotopic (exact) mass is 181 g/mol. The number of hydrogen-bond acceptors (Lipinski definition) is 3. The Balaban J connectivity index is 1.90. The molecule has 1 atom stereocenters. The van der Waals surface area contributed by atoms with Crippen LogP contribution in [0.25, 0.3) is 0 Å². The maximum Gasteiger partial charge on any atom is 0.323 e. The van der Waals surface area contributed by atoms with Gasteiger partial charge in [0, 0.05) is 12.6 Å². The predicted octanol–water partition coefficient (Wildman–Crippen LogP) is 0.952. The number of methoxy groups -OCH3 is 1. The zero-order valence-corrected chi connectivity index (χ0v) is 7.90. The minimum Gasteiger partial charge on any atom is -0.468 e. The van der Waals surface area contributed by atoms with Gasteiger partial charge in [-0.25, -0.2) is 0 Å². The van der Waals surface area contributed by atoms with Crippen molar-refractivity contribution in [3.05, 3.63) is 12.2 Å². The maximum atomic E-state index is 11.3. The van der Waals surface area contributed by atoms with Gasteiger partial charge >= 0.3 is 5.97 Å². The van der Waals surface area contributed by atoms with Crippen LogP contribution in [0.3, 0.4) is 0 Å². The number of hydrogen-bond donors (Lipinski definition) is 0. The van der Waals surface area contributed by atoms with E-state index in [4.69, 9.17) is 4.74 Å². The Kier molecular flexibility index (Phi) is 2.36. The van der Waals surface area contributed by atoms with Gasteiger partial charge in [0.05, 0.1) is 7.11 Å². The standard InChI is InChI=1S/C10H15NO2/c1-13-10(12)9-6-7-11(9)8-4-2-3-5-8/h2-3,8-9H,4-7H2,1H3. The van der Waals surface area contributed by atoms with Crippen molar-refractivity contribution in [2.24, 2.45) is 0 Å². The first-order valence-electron chi connectivity index (χ1n) is 4.81. The maximum absolute atomic E-state index is 11.3. The molecule has 0 aromatic rings. The second-order valence-electron chi connectivity index (χ2n) is 3.66. The Morgan fingerprint density at radius 3 is 2.62 bits per heavy atom. The molecule has 0 bridgehead atoms. The molecule has 0 amide bonds. The quantitative estimate of drug-likeness (QED) is 0.469. The fraction of sp³-hybridized carbons (Fsp3) is 0.700. The van der Waals surface area contributed by atoms with Crippen LogP contribution < -0.4 is 0 Å². The summed E-state index contributed by atoms with van der Waals surface area (Å²) < 4.78 is 4.74. The van der Waals surface area contributed by atoms with Gasteiger partial charge in [-0.15, -0.1) is 0 Å². The molecule has 0 saturated carbocycles. The summed E-state index contributed by atoms with van der Waals surface area (Å²) >= 11 is 0. The van der Waals surface area contributed by atoms with Gasteiger partial charge in [0.15, 0.2) is 0 Å². The van der Waals surface area contributed by atoms with Gasteiger partial charge in [0.25, 0.3) is 0 Å². The Hall–Kier alpha value is -0.830. The van der Waals surface area contributed by atoms with E-state index in [1.807, 2.05) is 0 Å². The van der Waals surface area contributed by atoms with Crippen LogP contribution in [-0.4, -0.2) is 36.6 Å². The third-order valence-corrected chi connectivity index (χ3v) is 2.99. The number of ether oxygens (including phenoxy) is 1. The SMILES string of the molecule is COC(=O)C1CCN1C1CC=CC1. The fourth-order valence-corrected chi connectivity index (χ4v) is 2.11. The average Bonchev–Trinajstić information content (AvgIpc) is 2.55. The first-order chi connectivity index (χ1) is 6.33. The molecule has 0 spiro atoms. The van der Waals surface area contributed by atoms with E-state index in [-0.39, 0.29) is 12.0 Å². The molecule has 1 heterocycles. The van der Waals surface area contributed by atoms with Crippen LogP contribution in [0, 0.1) is 0 Å². The summed E-state index contributed by atoms with van der Waals surface area (Å²) in [5, 5.41) is 0. The molecule has 0 aromatic heterocycles. The minimum absolute atomic E-state index is 0.0369. The van der Waals surface area contributed by atoms with Gasteiger partial charge in [0.2, 0.25) is 0 Å². The fourth-order valence-electron chi connectivity index (χ4n) is 2.11. The molecule has 3 heteroatoms. The van der Waals surface area contributed by atoms with Crippen LogP contribution in [0.5, 0.6) is 0 Å². The van der Waals surface area contributed by atoms with Crippen LogP contribution in [0.4, 0.5) is 0 Å². The van der Waals surface area contributed by atoms with E-state index in [1.54, 1.807) is 0 Å². The minimum atomic E-state index is -0.0712. The summed E-state index contributed by atoms with van der Waals surface area (Å²) in [6.07, 6.45) is 7.53. The lowest BCUT2D eigenvalue weighted by atomic mass is 9.98. The van der Waals surface area contributed by atoms with Crippen molar-refractivity contribution in [1.29, 1.82) is 0 Å². The van der Waals surface area contributed by atoms with Crippen LogP contribution in [0.1, 0.15) is 19.3 Å². The first kappa shape index (κ1) is 8.75. The van der Waals surface area contributed by atoms with Gasteiger partial charge in [-0.2, -0.15) is 0 Å². The normalized spacial score (nSPS) is 28.8. The molecule has 2 aliphatic rings. The lowest BCUT2D eigenvalue weighted by Crippen LogP contribution is -2.56. The van der Waals surface area contributed by atoms with E-state index in [2.05, 4.69) is 17.1 Å². The number of likely N-dealkylation sites (tertiary alicyclic amines) is 1. The van der Waals surface area contributed by atoms with E-state index < -0.39 is 0 Å². The highest BCUT2D eigenvalue weighted by Gasteiger charge is 2.39. The number of nitrogens with zero attached hydrogens (tertiary/aromatic N) is 1. The van der Waals surface area contributed by atoms with Gasteiger partial charge in [0.1, 0.15) is 6.04 Å². The topological polar surface area (TPSA) is 29.5 Å². The Bertz CT molecular complexity index is 229. The molecule has 0 radical (unpaired) electrons. The highest BCUT2D eigenvalue weighted by molar-refractivity contribution is 5.76. The molecule has 1 aliphatic carbocycles. The van der Waals surface area contributed by atoms with Crippen molar-refractivity contribution in [3.8, 4) is 0 Å². The summed E-state index contributed by atoms with van der Waals surface area (Å²) in [5.74, 6) is -0.0712. The van der Waals surface area contributed by atoms with Crippen molar-refractivity contribution in [2.45, 2.75) is 31.3 Å². The second-order valence-corrected chi connectivity index (χ2v) is 3.66. The summed E-state index contributed by atoms with van der Waals surface area (Å²) in [5.41, 5.74) is 0. The van der Waals surface area contributed by atoms with Gasteiger partial charge in [-0.3, -0.25) is 9.69 Å². The van der Waals surface area contributed by atoms with Gasteiger partial charge in [-0.05, 0) is 19.3 Å². The van der Waals surface area contributed by atoms with Crippen molar-refractivity contribution in [2.75, 3.05) is 13.7 Å². The van der Waals surface area contributed by atoms with E-state index in [1.165, 1.54) is 7.11 Å². The molecule has 1 saturated heterocycles. The molecule has 0 N–H and O–H groups in total. The number of carbonyl (C=O) groups is 1. The molecule has 1 aliphatic heterocycles. The van der Waals surface area contributed by atoms with E-state index in [0.717, 1.165) is 25.8 Å². The molecule has 13 heavy (non-hydrogen) atoms. The third-order valence-electron chi connectivity index (χ3n) is 2.99. The number of carbonyl (C=O) groups excluding carboxylic acids is 1. The van der Waals surface area contributed by atoms with Crippen molar-refractivity contribution < 1.29 is 9.53 Å². The van der Waals surface area contributed by atoms with Crippen LogP contribution >= 0.6 is 0 Å². The summed E-state index contributed by atoms with van der Waals surface area (Å²) in [6, 6.07) is 0.591. The van der Waals surface area contributed by atoms with E-state index >= 15 is 0 Å². The zero-order chi connectivity index (χ0) is 9.26. The molecule has 1 unspecified atom stereocenters. The second kappa shape index (κ2) is 3.50. The van der Waals surface area contributed by atoms with Crippen molar-refractivity contribution in [1.82, 2.24) is 4.90 Å². The molecular formula is C10H15NO2. The molecule has 2 rings (SSSR count). The lowest BCUT2D eigenvalue weighted by molar-refractivity contribution is -0.153. The summed E-state index contributed by atoms with van der Waals surface area (Å²) in [4.78, 5) is 13.5. The van der Waals surface area contributed by atoms with Crippen LogP contribution in [-0.2, 0) is 9.53 Å². The van der Waals surface area contributed by atoms with Crippen LogP contribution in [0.15, 0.2) is 12.2 Å². The smallest absolute Gasteiger partial charge is 0.323 e. The van der Waals surface area contributed by atoms with Crippen molar-refractivity contribution in [3.63, 3.8) is 0 Å². The number of rotatable bonds is 2. The average molecular weight is 181 g/mol. The third kappa shape index (κ3) is 1.48. The summed E-state index contributed by atoms with van der Waals surface area (Å²) in [6.45, 7) is 1.05. The Labute approximate surface area is 78.4 Å². The van der Waals surface area contributed by atoms with E-state index in [0.29, 0.717) is 6.04 Å². The van der Waals surface area contributed by atoms with Crippen LogP contribution in [0.2, 0.25) is 0 Å². The zero-order valence-electron chi connectivity index (χ0n) is 7.90. The Morgan fingerprint density at radius 1 is 1.46 bits per heavy atom. The molecule has 1 fully saturated rings. The predicted molar refractivity (Wildman–Crippen MR) is 49.3 cm³/mol. The molecule has 72 valence electrons. The van der Waals surface area contributed by atoms with Crippen molar-refractivity contribution >= 4 is 5.97 Å². The van der Waals surface area contributed by atoms with Gasteiger partial charge < -0.3 is 4.74 Å². The molecule has 3 nitrogen and oxygen atoms in total. The first-order valence-corrected chi connectivity index (χ1v) is 4.81.